The molecule has 0 spiro atoms. The van der Waals surface area contributed by atoms with Crippen molar-refractivity contribution in [1.82, 2.24) is 10.2 Å². The van der Waals surface area contributed by atoms with Crippen LogP contribution in [0.15, 0.2) is 65.1 Å². The van der Waals surface area contributed by atoms with Crippen molar-refractivity contribution in [3.8, 4) is 11.5 Å². The zero-order valence-corrected chi connectivity index (χ0v) is 14.2. The minimum absolute atomic E-state index is 0.243. The average molecular weight is 355 g/mol. The van der Waals surface area contributed by atoms with Crippen LogP contribution in [0.4, 0.5) is 0 Å². The lowest BCUT2D eigenvalue weighted by Crippen LogP contribution is -2.06. The lowest BCUT2D eigenvalue weighted by atomic mass is 10.2. The molecular weight excluding hydrogens is 340 g/mol. The zero-order chi connectivity index (χ0) is 17.6. The number of carbonyl (C=O) groups excluding carboxylic acids is 1. The Kier molecular flexibility index (Phi) is 5.26. The molecule has 5 nitrogen and oxygen atoms in total. The van der Waals surface area contributed by atoms with E-state index in [-0.39, 0.29) is 5.89 Å². The van der Waals surface area contributed by atoms with Gasteiger partial charge in [0.05, 0.1) is 0 Å². The molecule has 1 heterocycles. The van der Waals surface area contributed by atoms with Crippen molar-refractivity contribution in [1.29, 1.82) is 0 Å². The van der Waals surface area contributed by atoms with Crippen molar-refractivity contribution in [3.63, 3.8) is 0 Å². The number of aromatic nitrogens is 2. The summed E-state index contributed by atoms with van der Waals surface area (Å²) in [4.78, 5) is 11.9. The van der Waals surface area contributed by atoms with Crippen LogP contribution in [0.1, 0.15) is 24.5 Å². The third kappa shape index (κ3) is 4.55. The third-order valence-electron chi connectivity index (χ3n) is 3.38. The number of rotatable bonds is 5. The number of carbonyl (C=O) groups is 1. The highest BCUT2D eigenvalue weighted by atomic mass is 35.5. The van der Waals surface area contributed by atoms with Gasteiger partial charge in [0.1, 0.15) is 0 Å². The second kappa shape index (κ2) is 7.77. The SMILES string of the molecule is C[C@H](OC(=O)/C=C/c1ccc(Cl)cc1)c1nnc(-c2ccccc2)o1. The van der Waals surface area contributed by atoms with Crippen molar-refractivity contribution in [2.45, 2.75) is 13.0 Å². The van der Waals surface area contributed by atoms with Gasteiger partial charge in [-0.05, 0) is 42.8 Å². The Labute approximate surface area is 149 Å². The molecule has 0 bridgehead atoms. The van der Waals surface area contributed by atoms with Crippen LogP contribution in [-0.4, -0.2) is 16.2 Å². The normalized spacial score (nSPS) is 12.2. The van der Waals surface area contributed by atoms with Crippen molar-refractivity contribution in [2.75, 3.05) is 0 Å². The first-order valence-corrected chi connectivity index (χ1v) is 8.03. The summed E-state index contributed by atoms with van der Waals surface area (Å²) in [5.74, 6) is 0.129. The minimum Gasteiger partial charge on any atom is -0.449 e. The molecule has 6 heteroatoms. The lowest BCUT2D eigenvalue weighted by Gasteiger charge is -2.06. The molecule has 0 unspecified atom stereocenters. The molecule has 0 aliphatic heterocycles. The van der Waals surface area contributed by atoms with E-state index in [0.29, 0.717) is 10.9 Å². The van der Waals surface area contributed by atoms with Gasteiger partial charge in [-0.25, -0.2) is 4.79 Å². The number of hydrogen-bond donors (Lipinski definition) is 0. The Morgan fingerprint density at radius 1 is 1.12 bits per heavy atom. The maximum absolute atomic E-state index is 11.9. The Morgan fingerprint density at radius 2 is 1.84 bits per heavy atom. The van der Waals surface area contributed by atoms with Gasteiger partial charge in [-0.2, -0.15) is 0 Å². The van der Waals surface area contributed by atoms with E-state index >= 15 is 0 Å². The van der Waals surface area contributed by atoms with Gasteiger partial charge in [0, 0.05) is 16.7 Å². The van der Waals surface area contributed by atoms with Crippen molar-refractivity contribution in [3.05, 3.63) is 77.2 Å². The molecular formula is C19H15ClN2O3. The van der Waals surface area contributed by atoms with E-state index < -0.39 is 12.1 Å². The molecule has 126 valence electrons. The standard InChI is InChI=1S/C19H15ClN2O3/c1-13(18-21-22-19(25-18)15-5-3-2-4-6-15)24-17(23)12-9-14-7-10-16(20)11-8-14/h2-13H,1H3/b12-9+/t13-/m0/s1. The topological polar surface area (TPSA) is 65.2 Å². The van der Waals surface area contributed by atoms with E-state index in [1.807, 2.05) is 30.3 Å². The fraction of sp³-hybridized carbons (Fsp3) is 0.105. The summed E-state index contributed by atoms with van der Waals surface area (Å²) in [6.45, 7) is 1.68. The largest absolute Gasteiger partial charge is 0.449 e. The van der Waals surface area contributed by atoms with Gasteiger partial charge in [-0.1, -0.05) is 41.9 Å². The van der Waals surface area contributed by atoms with Crippen LogP contribution in [0.2, 0.25) is 5.02 Å². The number of benzene rings is 2. The maximum Gasteiger partial charge on any atom is 0.331 e. The summed E-state index contributed by atoms with van der Waals surface area (Å²) >= 11 is 5.82. The Bertz CT molecular complexity index is 873. The van der Waals surface area contributed by atoms with E-state index in [1.165, 1.54) is 6.08 Å². The number of hydrogen-bond acceptors (Lipinski definition) is 5. The van der Waals surface area contributed by atoms with Crippen molar-refractivity contribution in [2.24, 2.45) is 0 Å². The monoisotopic (exact) mass is 354 g/mol. The summed E-state index contributed by atoms with van der Waals surface area (Å²) < 4.78 is 10.9. The van der Waals surface area contributed by atoms with Crippen LogP contribution in [0.25, 0.3) is 17.5 Å². The minimum atomic E-state index is -0.646. The number of nitrogens with zero attached hydrogens (tertiary/aromatic N) is 2. The summed E-state index contributed by atoms with van der Waals surface area (Å²) in [6.07, 6.45) is 2.34. The highest BCUT2D eigenvalue weighted by Crippen LogP contribution is 2.22. The smallest absolute Gasteiger partial charge is 0.331 e. The molecule has 0 saturated heterocycles. The molecule has 1 aromatic heterocycles. The quantitative estimate of drug-likeness (QED) is 0.490. The first kappa shape index (κ1) is 16.9. The Morgan fingerprint density at radius 3 is 2.56 bits per heavy atom. The summed E-state index contributed by atoms with van der Waals surface area (Å²) in [5, 5.41) is 8.56. The summed E-state index contributed by atoms with van der Waals surface area (Å²) in [6, 6.07) is 16.5. The number of esters is 1. The van der Waals surface area contributed by atoms with E-state index in [1.54, 1.807) is 37.3 Å². The van der Waals surface area contributed by atoms with E-state index in [0.717, 1.165) is 11.1 Å². The first-order valence-electron chi connectivity index (χ1n) is 7.65. The fourth-order valence-corrected chi connectivity index (χ4v) is 2.22. The molecule has 0 N–H and O–H groups in total. The average Bonchev–Trinajstić information content (AvgIpc) is 3.12. The van der Waals surface area contributed by atoms with Gasteiger partial charge < -0.3 is 9.15 Å². The van der Waals surface area contributed by atoms with Crippen LogP contribution in [-0.2, 0) is 9.53 Å². The highest BCUT2D eigenvalue weighted by Gasteiger charge is 2.17. The van der Waals surface area contributed by atoms with Crippen molar-refractivity contribution < 1.29 is 13.9 Å². The summed E-state index contributed by atoms with van der Waals surface area (Å²) in [7, 11) is 0. The molecule has 0 amide bonds. The molecule has 0 radical (unpaired) electrons. The molecule has 3 aromatic rings. The van der Waals surface area contributed by atoms with Crippen LogP contribution in [0.5, 0.6) is 0 Å². The number of ether oxygens (including phenoxy) is 1. The first-order chi connectivity index (χ1) is 12.1. The molecule has 0 aliphatic rings. The Hall–Kier alpha value is -2.92. The third-order valence-corrected chi connectivity index (χ3v) is 3.64. The van der Waals surface area contributed by atoms with Crippen LogP contribution >= 0.6 is 11.6 Å². The van der Waals surface area contributed by atoms with Gasteiger partial charge in [0.25, 0.3) is 5.89 Å². The lowest BCUT2D eigenvalue weighted by molar-refractivity contribution is -0.143. The predicted octanol–water partition coefficient (Wildman–Crippen LogP) is 4.71. The molecule has 0 fully saturated rings. The molecule has 3 rings (SSSR count). The predicted molar refractivity (Wildman–Crippen MR) is 94.7 cm³/mol. The highest BCUT2D eigenvalue weighted by molar-refractivity contribution is 6.30. The molecule has 25 heavy (non-hydrogen) atoms. The van der Waals surface area contributed by atoms with Gasteiger partial charge in [-0.3, -0.25) is 0 Å². The van der Waals surface area contributed by atoms with Gasteiger partial charge >= 0.3 is 5.97 Å². The van der Waals surface area contributed by atoms with Crippen molar-refractivity contribution >= 4 is 23.6 Å². The second-order valence-electron chi connectivity index (χ2n) is 5.28. The van der Waals surface area contributed by atoms with E-state index in [4.69, 9.17) is 20.8 Å². The van der Waals surface area contributed by atoms with Gasteiger partial charge in [0.2, 0.25) is 5.89 Å². The zero-order valence-electron chi connectivity index (χ0n) is 13.4. The van der Waals surface area contributed by atoms with Crippen LogP contribution in [0, 0.1) is 0 Å². The van der Waals surface area contributed by atoms with E-state index in [2.05, 4.69) is 10.2 Å². The fourth-order valence-electron chi connectivity index (χ4n) is 2.10. The van der Waals surface area contributed by atoms with Gasteiger partial charge in [0.15, 0.2) is 6.10 Å². The molecule has 0 saturated carbocycles. The van der Waals surface area contributed by atoms with Gasteiger partial charge in [-0.15, -0.1) is 10.2 Å². The molecule has 0 aliphatic carbocycles. The Balaban J connectivity index is 1.62. The number of halogens is 1. The second-order valence-corrected chi connectivity index (χ2v) is 5.71. The molecule has 1 atom stereocenters. The molecule has 2 aromatic carbocycles. The van der Waals surface area contributed by atoms with Crippen LogP contribution in [0.3, 0.4) is 0 Å². The maximum atomic E-state index is 11.9. The van der Waals surface area contributed by atoms with Crippen LogP contribution < -0.4 is 0 Å². The summed E-state index contributed by atoms with van der Waals surface area (Å²) in [5.41, 5.74) is 1.65. The van der Waals surface area contributed by atoms with E-state index in [9.17, 15) is 4.79 Å².